The van der Waals surface area contributed by atoms with Crippen LogP contribution in [0, 0.1) is 0 Å². The van der Waals surface area contributed by atoms with E-state index in [9.17, 15) is 4.79 Å². The normalized spacial score (nSPS) is 15.7. The maximum Gasteiger partial charge on any atom is 0.233 e. The molecule has 29 heavy (non-hydrogen) atoms. The fourth-order valence-corrected chi connectivity index (χ4v) is 4.77. The molecule has 3 aromatic rings. The summed E-state index contributed by atoms with van der Waals surface area (Å²) in [7, 11) is 0. The summed E-state index contributed by atoms with van der Waals surface area (Å²) in [6, 6.07) is 18.4. The fourth-order valence-electron chi connectivity index (χ4n) is 4.07. The smallest absolute Gasteiger partial charge is 0.233 e. The van der Waals surface area contributed by atoms with Gasteiger partial charge in [0.2, 0.25) is 5.91 Å². The van der Waals surface area contributed by atoms with Gasteiger partial charge >= 0.3 is 0 Å². The Morgan fingerprint density at radius 2 is 1.90 bits per heavy atom. The maximum absolute atomic E-state index is 14.0. The van der Waals surface area contributed by atoms with Crippen molar-refractivity contribution >= 4 is 17.2 Å². The van der Waals surface area contributed by atoms with Gasteiger partial charge in [-0.15, -0.1) is 11.3 Å². The van der Waals surface area contributed by atoms with E-state index in [1.165, 1.54) is 4.88 Å². The van der Waals surface area contributed by atoms with Gasteiger partial charge in [0, 0.05) is 43.6 Å². The molecule has 1 aliphatic rings. The largest absolute Gasteiger partial charge is 0.381 e. The highest BCUT2D eigenvalue weighted by Crippen LogP contribution is 2.37. The molecule has 0 saturated carbocycles. The predicted octanol–water partition coefficient (Wildman–Crippen LogP) is 4.46. The second-order valence-electron chi connectivity index (χ2n) is 7.48. The number of thiophene rings is 1. The number of nitrogens with zero attached hydrogens (tertiary/aromatic N) is 2. The Bertz CT molecular complexity index is 891. The van der Waals surface area contributed by atoms with Crippen LogP contribution in [0.1, 0.15) is 28.8 Å². The van der Waals surface area contributed by atoms with Crippen molar-refractivity contribution in [2.45, 2.75) is 31.2 Å². The molecule has 150 valence electrons. The number of amides is 1. The number of pyridine rings is 1. The molecule has 0 N–H and O–H groups in total. The van der Waals surface area contributed by atoms with Crippen molar-refractivity contribution in [1.82, 2.24) is 9.88 Å². The molecule has 0 bridgehead atoms. The van der Waals surface area contributed by atoms with Crippen molar-refractivity contribution in [3.63, 3.8) is 0 Å². The molecule has 0 atom stereocenters. The zero-order chi connectivity index (χ0) is 19.9. The summed E-state index contributed by atoms with van der Waals surface area (Å²) in [5.74, 6) is 0.201. The second-order valence-corrected chi connectivity index (χ2v) is 8.51. The first kappa shape index (κ1) is 19.8. The third-order valence-corrected chi connectivity index (χ3v) is 6.61. The van der Waals surface area contributed by atoms with E-state index in [-0.39, 0.29) is 5.91 Å². The summed E-state index contributed by atoms with van der Waals surface area (Å²) in [6.45, 7) is 2.51. The minimum absolute atomic E-state index is 0.201. The quantitative estimate of drug-likeness (QED) is 0.582. The Morgan fingerprint density at radius 1 is 1.07 bits per heavy atom. The van der Waals surface area contributed by atoms with Gasteiger partial charge in [0.25, 0.3) is 0 Å². The van der Waals surface area contributed by atoms with E-state index >= 15 is 0 Å². The lowest BCUT2D eigenvalue weighted by molar-refractivity contribution is -0.142. The van der Waals surface area contributed by atoms with E-state index in [1.54, 1.807) is 17.5 Å². The van der Waals surface area contributed by atoms with Gasteiger partial charge in [0.15, 0.2) is 0 Å². The molecule has 1 aliphatic heterocycles. The molecular formula is C24H26N2O2S. The summed E-state index contributed by atoms with van der Waals surface area (Å²) in [6.07, 6.45) is 5.93. The highest BCUT2D eigenvalue weighted by atomic mass is 32.1. The second kappa shape index (κ2) is 9.33. The average molecular weight is 407 g/mol. The van der Waals surface area contributed by atoms with Crippen LogP contribution in [-0.2, 0) is 27.9 Å². The monoisotopic (exact) mass is 406 g/mol. The van der Waals surface area contributed by atoms with Gasteiger partial charge in [-0.2, -0.15) is 0 Å². The van der Waals surface area contributed by atoms with E-state index in [0.29, 0.717) is 26.3 Å². The summed E-state index contributed by atoms with van der Waals surface area (Å²) < 4.78 is 5.63. The standard InChI is InChI=1S/C24H26N2O2S/c27-23(24(11-15-28-16-12-24)21-7-2-1-3-8-21)26(14-10-22-9-5-17-29-22)19-20-6-4-13-25-18-20/h1-9,13,17-18H,10-12,14-16,19H2. The first-order chi connectivity index (χ1) is 14.3. The topological polar surface area (TPSA) is 42.4 Å². The Balaban J connectivity index is 1.63. The highest BCUT2D eigenvalue weighted by molar-refractivity contribution is 7.09. The average Bonchev–Trinajstić information content (AvgIpc) is 3.31. The van der Waals surface area contributed by atoms with Gasteiger partial charge in [-0.25, -0.2) is 0 Å². The zero-order valence-corrected chi connectivity index (χ0v) is 17.3. The predicted molar refractivity (Wildman–Crippen MR) is 116 cm³/mol. The molecule has 0 spiro atoms. The van der Waals surface area contributed by atoms with E-state index in [4.69, 9.17) is 4.74 Å². The summed E-state index contributed by atoms with van der Waals surface area (Å²) in [5, 5.41) is 2.09. The van der Waals surface area contributed by atoms with Gasteiger partial charge in [-0.1, -0.05) is 42.5 Å². The van der Waals surface area contributed by atoms with Crippen LogP contribution in [0.15, 0.2) is 72.4 Å². The molecule has 2 aromatic heterocycles. The first-order valence-electron chi connectivity index (χ1n) is 10.1. The van der Waals surface area contributed by atoms with E-state index in [0.717, 1.165) is 30.4 Å². The van der Waals surface area contributed by atoms with Gasteiger partial charge in [-0.3, -0.25) is 9.78 Å². The van der Waals surface area contributed by atoms with E-state index in [1.807, 2.05) is 41.4 Å². The third-order valence-electron chi connectivity index (χ3n) is 5.67. The van der Waals surface area contributed by atoms with Crippen LogP contribution in [0.3, 0.4) is 0 Å². The number of ether oxygens (including phenoxy) is 1. The Hall–Kier alpha value is -2.50. The molecule has 1 saturated heterocycles. The van der Waals surface area contributed by atoms with Crippen LogP contribution >= 0.6 is 11.3 Å². The molecule has 4 rings (SSSR count). The lowest BCUT2D eigenvalue weighted by Crippen LogP contribution is -2.50. The molecule has 1 aromatic carbocycles. The van der Waals surface area contributed by atoms with Gasteiger partial charge < -0.3 is 9.64 Å². The number of carbonyl (C=O) groups excluding carboxylic acids is 1. The minimum Gasteiger partial charge on any atom is -0.381 e. The number of hydrogen-bond acceptors (Lipinski definition) is 4. The molecule has 1 amide bonds. The number of carbonyl (C=O) groups is 1. The fraction of sp³-hybridized carbons (Fsp3) is 0.333. The van der Waals surface area contributed by atoms with Crippen LogP contribution in [0.2, 0.25) is 0 Å². The Kier molecular flexibility index (Phi) is 6.37. The lowest BCUT2D eigenvalue weighted by atomic mass is 9.73. The van der Waals surface area contributed by atoms with Crippen LogP contribution < -0.4 is 0 Å². The number of rotatable bonds is 7. The van der Waals surface area contributed by atoms with E-state index < -0.39 is 5.41 Å². The van der Waals surface area contributed by atoms with Crippen molar-refractivity contribution in [2.75, 3.05) is 19.8 Å². The van der Waals surface area contributed by atoms with Gasteiger partial charge in [-0.05, 0) is 47.9 Å². The first-order valence-corrected chi connectivity index (χ1v) is 11.0. The van der Waals surface area contributed by atoms with Crippen molar-refractivity contribution < 1.29 is 9.53 Å². The van der Waals surface area contributed by atoms with Crippen LogP contribution in [-0.4, -0.2) is 35.5 Å². The molecule has 1 fully saturated rings. The van der Waals surface area contributed by atoms with Gasteiger partial charge in [0.1, 0.15) is 0 Å². The Morgan fingerprint density at radius 3 is 2.59 bits per heavy atom. The number of hydrogen-bond donors (Lipinski definition) is 0. The molecule has 4 nitrogen and oxygen atoms in total. The van der Waals surface area contributed by atoms with Crippen molar-refractivity contribution in [1.29, 1.82) is 0 Å². The summed E-state index contributed by atoms with van der Waals surface area (Å²) in [4.78, 5) is 21.6. The maximum atomic E-state index is 14.0. The number of benzene rings is 1. The van der Waals surface area contributed by atoms with Crippen LogP contribution in [0.25, 0.3) is 0 Å². The SMILES string of the molecule is O=C(N(CCc1cccs1)Cc1cccnc1)C1(c2ccccc2)CCOCC1. The summed E-state index contributed by atoms with van der Waals surface area (Å²) in [5.41, 5.74) is 1.64. The third kappa shape index (κ3) is 4.57. The number of aromatic nitrogens is 1. The lowest BCUT2D eigenvalue weighted by Gasteiger charge is -2.40. The molecule has 3 heterocycles. The minimum atomic E-state index is -0.517. The molecule has 0 radical (unpaired) electrons. The van der Waals surface area contributed by atoms with Gasteiger partial charge in [0.05, 0.1) is 5.41 Å². The molecule has 0 aliphatic carbocycles. The van der Waals surface area contributed by atoms with Crippen molar-refractivity contribution in [3.8, 4) is 0 Å². The van der Waals surface area contributed by atoms with Crippen molar-refractivity contribution in [3.05, 3.63) is 88.4 Å². The molecule has 5 heteroatoms. The Labute approximate surface area is 176 Å². The van der Waals surface area contributed by atoms with Crippen LogP contribution in [0.5, 0.6) is 0 Å². The summed E-state index contributed by atoms with van der Waals surface area (Å²) >= 11 is 1.74. The van der Waals surface area contributed by atoms with Crippen molar-refractivity contribution in [2.24, 2.45) is 0 Å². The highest BCUT2D eigenvalue weighted by Gasteiger charge is 2.43. The zero-order valence-electron chi connectivity index (χ0n) is 16.5. The molecular weight excluding hydrogens is 380 g/mol. The van der Waals surface area contributed by atoms with Crippen LogP contribution in [0.4, 0.5) is 0 Å². The molecule has 0 unspecified atom stereocenters. The van der Waals surface area contributed by atoms with E-state index in [2.05, 4.69) is 34.6 Å².